The first-order chi connectivity index (χ1) is 7.29. The van der Waals surface area contributed by atoms with Crippen LogP contribution in [0.5, 0.6) is 0 Å². The Bertz CT molecular complexity index is 450. The van der Waals surface area contributed by atoms with E-state index < -0.39 is 0 Å². The van der Waals surface area contributed by atoms with Crippen molar-refractivity contribution in [3.8, 4) is 0 Å². The van der Waals surface area contributed by atoms with Gasteiger partial charge in [-0.2, -0.15) is 0 Å². The van der Waals surface area contributed by atoms with Crippen molar-refractivity contribution < 1.29 is 4.79 Å². The van der Waals surface area contributed by atoms with Crippen LogP contribution >= 0.6 is 11.5 Å². The number of hydrogen-bond donors (Lipinski definition) is 2. The highest BCUT2D eigenvalue weighted by Crippen LogP contribution is 2.09. The number of amides is 1. The SMILES string of the molecule is CCc1nc(C(=O)Nc2cnns2)n[nH]1. The van der Waals surface area contributed by atoms with Gasteiger partial charge in [0.2, 0.25) is 5.82 Å². The van der Waals surface area contributed by atoms with Gasteiger partial charge in [0.05, 0.1) is 6.20 Å². The van der Waals surface area contributed by atoms with Crippen LogP contribution in [0.3, 0.4) is 0 Å². The molecule has 2 N–H and O–H groups in total. The van der Waals surface area contributed by atoms with Crippen LogP contribution in [0, 0.1) is 0 Å². The summed E-state index contributed by atoms with van der Waals surface area (Å²) in [6.45, 7) is 1.93. The van der Waals surface area contributed by atoms with E-state index in [0.29, 0.717) is 17.2 Å². The summed E-state index contributed by atoms with van der Waals surface area (Å²) >= 11 is 1.10. The Morgan fingerprint density at radius 2 is 2.53 bits per heavy atom. The topological polar surface area (TPSA) is 96.5 Å². The molecule has 0 aromatic carbocycles. The van der Waals surface area contributed by atoms with E-state index in [2.05, 4.69) is 30.1 Å². The molecule has 8 heteroatoms. The molecule has 0 bridgehead atoms. The summed E-state index contributed by atoms with van der Waals surface area (Å²) in [5, 5.41) is 13.2. The van der Waals surface area contributed by atoms with Crippen molar-refractivity contribution in [1.29, 1.82) is 0 Å². The van der Waals surface area contributed by atoms with Crippen LogP contribution < -0.4 is 5.32 Å². The number of aromatic amines is 1. The number of carbonyl (C=O) groups excluding carboxylic acids is 1. The van der Waals surface area contributed by atoms with Crippen LogP contribution in [0.4, 0.5) is 5.00 Å². The van der Waals surface area contributed by atoms with Crippen molar-refractivity contribution in [2.24, 2.45) is 0 Å². The maximum absolute atomic E-state index is 11.5. The number of hydrogen-bond acceptors (Lipinski definition) is 6. The first-order valence-corrected chi connectivity index (χ1v) is 5.07. The number of anilines is 1. The molecule has 0 aliphatic heterocycles. The largest absolute Gasteiger partial charge is 0.308 e. The summed E-state index contributed by atoms with van der Waals surface area (Å²) < 4.78 is 3.62. The maximum atomic E-state index is 11.5. The Morgan fingerprint density at radius 3 is 3.13 bits per heavy atom. The van der Waals surface area contributed by atoms with Gasteiger partial charge in [-0.25, -0.2) is 4.98 Å². The molecule has 78 valence electrons. The average molecular weight is 224 g/mol. The Kier molecular flexibility index (Phi) is 2.68. The number of nitrogens with one attached hydrogen (secondary N) is 2. The van der Waals surface area contributed by atoms with Crippen molar-refractivity contribution in [3.63, 3.8) is 0 Å². The van der Waals surface area contributed by atoms with Gasteiger partial charge in [-0.1, -0.05) is 11.4 Å². The van der Waals surface area contributed by atoms with E-state index in [1.807, 2.05) is 6.92 Å². The number of aryl methyl sites for hydroxylation is 1. The van der Waals surface area contributed by atoms with Crippen LogP contribution in [-0.2, 0) is 6.42 Å². The highest BCUT2D eigenvalue weighted by atomic mass is 32.1. The van der Waals surface area contributed by atoms with E-state index in [4.69, 9.17) is 0 Å². The Labute approximate surface area is 89.1 Å². The lowest BCUT2D eigenvalue weighted by atomic mass is 10.5. The summed E-state index contributed by atoms with van der Waals surface area (Å²) in [7, 11) is 0. The van der Waals surface area contributed by atoms with Crippen molar-refractivity contribution >= 4 is 22.4 Å². The van der Waals surface area contributed by atoms with Crippen LogP contribution in [-0.4, -0.2) is 30.7 Å². The average Bonchev–Trinajstić information content (AvgIpc) is 2.86. The maximum Gasteiger partial charge on any atom is 0.296 e. The molecule has 0 unspecified atom stereocenters. The van der Waals surface area contributed by atoms with Gasteiger partial charge in [0, 0.05) is 18.0 Å². The van der Waals surface area contributed by atoms with Gasteiger partial charge in [-0.15, -0.1) is 10.2 Å². The van der Waals surface area contributed by atoms with Crippen LogP contribution in [0.15, 0.2) is 6.20 Å². The summed E-state index contributed by atoms with van der Waals surface area (Å²) in [6, 6.07) is 0. The number of aromatic nitrogens is 5. The molecule has 0 spiro atoms. The van der Waals surface area contributed by atoms with Gasteiger partial charge in [0.1, 0.15) is 10.8 Å². The predicted molar refractivity (Wildman–Crippen MR) is 53.6 cm³/mol. The molecule has 2 heterocycles. The minimum Gasteiger partial charge on any atom is -0.308 e. The minimum atomic E-state index is -0.364. The zero-order valence-corrected chi connectivity index (χ0v) is 8.71. The second-order valence-electron chi connectivity index (χ2n) is 2.70. The first-order valence-electron chi connectivity index (χ1n) is 4.29. The number of nitrogens with zero attached hydrogens (tertiary/aromatic N) is 4. The molecule has 0 saturated carbocycles. The van der Waals surface area contributed by atoms with Gasteiger partial charge >= 0.3 is 0 Å². The molecule has 1 amide bonds. The molecule has 0 radical (unpaired) electrons. The molecule has 2 aromatic heterocycles. The predicted octanol–water partition coefficient (Wildman–Crippen LogP) is 0.471. The fraction of sp³-hybridized carbons (Fsp3) is 0.286. The van der Waals surface area contributed by atoms with Crippen LogP contribution in [0.2, 0.25) is 0 Å². The lowest BCUT2D eigenvalue weighted by Gasteiger charge is -1.94. The highest BCUT2D eigenvalue weighted by molar-refractivity contribution is 7.10. The standard InChI is InChI=1S/C7H8N6OS/c1-2-4-9-6(12-11-4)7(14)10-5-3-8-13-15-5/h3H,2H2,1H3,(H,10,14)(H,9,11,12). The molecular formula is C7H8N6OS. The minimum absolute atomic E-state index is 0.125. The Morgan fingerprint density at radius 1 is 1.67 bits per heavy atom. The molecule has 0 atom stereocenters. The summed E-state index contributed by atoms with van der Waals surface area (Å²) in [5.41, 5.74) is 0. The Balaban J connectivity index is 2.08. The van der Waals surface area contributed by atoms with Gasteiger partial charge < -0.3 is 5.32 Å². The van der Waals surface area contributed by atoms with E-state index >= 15 is 0 Å². The van der Waals surface area contributed by atoms with Crippen LogP contribution in [0.1, 0.15) is 23.4 Å². The smallest absolute Gasteiger partial charge is 0.296 e. The second kappa shape index (κ2) is 4.13. The third-order valence-corrected chi connectivity index (χ3v) is 2.25. The highest BCUT2D eigenvalue weighted by Gasteiger charge is 2.12. The van der Waals surface area contributed by atoms with Crippen LogP contribution in [0.25, 0.3) is 0 Å². The molecule has 0 fully saturated rings. The van der Waals surface area contributed by atoms with E-state index in [1.54, 1.807) is 0 Å². The molecule has 0 saturated heterocycles. The van der Waals surface area contributed by atoms with Crippen molar-refractivity contribution in [2.75, 3.05) is 5.32 Å². The molecule has 7 nitrogen and oxygen atoms in total. The van der Waals surface area contributed by atoms with Crippen molar-refractivity contribution in [3.05, 3.63) is 17.8 Å². The fourth-order valence-electron chi connectivity index (χ4n) is 0.945. The lowest BCUT2D eigenvalue weighted by Crippen LogP contribution is -2.12. The monoisotopic (exact) mass is 224 g/mol. The molecular weight excluding hydrogens is 216 g/mol. The normalized spacial score (nSPS) is 10.2. The zero-order chi connectivity index (χ0) is 10.7. The van der Waals surface area contributed by atoms with E-state index in [-0.39, 0.29) is 11.7 Å². The van der Waals surface area contributed by atoms with E-state index in [9.17, 15) is 4.79 Å². The first kappa shape index (κ1) is 9.71. The fourth-order valence-corrected chi connectivity index (χ4v) is 1.36. The third-order valence-electron chi connectivity index (χ3n) is 1.67. The quantitative estimate of drug-likeness (QED) is 0.790. The molecule has 2 aromatic rings. The lowest BCUT2D eigenvalue weighted by molar-refractivity contribution is 0.101. The summed E-state index contributed by atoms with van der Waals surface area (Å²) in [4.78, 5) is 15.5. The van der Waals surface area contributed by atoms with Gasteiger partial charge in [-0.3, -0.25) is 9.89 Å². The van der Waals surface area contributed by atoms with Crippen molar-refractivity contribution in [1.82, 2.24) is 24.8 Å². The van der Waals surface area contributed by atoms with Crippen molar-refractivity contribution in [2.45, 2.75) is 13.3 Å². The van der Waals surface area contributed by atoms with Gasteiger partial charge in [0.25, 0.3) is 5.91 Å². The number of H-pyrrole nitrogens is 1. The number of carbonyl (C=O) groups is 1. The molecule has 15 heavy (non-hydrogen) atoms. The zero-order valence-electron chi connectivity index (χ0n) is 7.89. The third kappa shape index (κ3) is 2.15. The van der Waals surface area contributed by atoms with E-state index in [1.165, 1.54) is 6.20 Å². The molecule has 2 rings (SSSR count). The van der Waals surface area contributed by atoms with Gasteiger partial charge in [-0.05, 0) is 0 Å². The molecule has 0 aliphatic carbocycles. The van der Waals surface area contributed by atoms with Gasteiger partial charge in [0.15, 0.2) is 0 Å². The number of rotatable bonds is 3. The summed E-state index contributed by atoms with van der Waals surface area (Å²) in [5.74, 6) is 0.444. The molecule has 0 aliphatic rings. The Hall–Kier alpha value is -1.83. The summed E-state index contributed by atoms with van der Waals surface area (Å²) in [6.07, 6.45) is 2.18. The van der Waals surface area contributed by atoms with E-state index in [0.717, 1.165) is 11.5 Å². The second-order valence-corrected chi connectivity index (χ2v) is 3.48.